The van der Waals surface area contributed by atoms with Crippen molar-refractivity contribution in [1.29, 1.82) is 0 Å². The highest BCUT2D eigenvalue weighted by Gasteiger charge is 2.38. The normalized spacial score (nSPS) is 11.6. The minimum absolute atomic E-state index is 0.0221. The van der Waals surface area contributed by atoms with Crippen molar-refractivity contribution in [2.75, 3.05) is 0 Å². The molecule has 7 rings (SSSR count). The van der Waals surface area contributed by atoms with Gasteiger partial charge in [-0.05, 0) is 181 Å². The summed E-state index contributed by atoms with van der Waals surface area (Å²) in [5, 5.41) is 4.18. The predicted molar refractivity (Wildman–Crippen MR) is 277 cm³/mol. The van der Waals surface area contributed by atoms with E-state index in [0.717, 1.165) is 0 Å². The van der Waals surface area contributed by atoms with Crippen LogP contribution in [0.15, 0.2) is 109 Å². The lowest BCUT2D eigenvalue weighted by Crippen LogP contribution is -2.28. The first-order chi connectivity index (χ1) is 34.1. The maximum Gasteiger partial charge on any atom is 0.344 e. The molecule has 0 atom stereocenters. The van der Waals surface area contributed by atoms with E-state index in [1.165, 1.54) is 0 Å². The van der Waals surface area contributed by atoms with Gasteiger partial charge < -0.3 is 28.4 Å². The van der Waals surface area contributed by atoms with Crippen LogP contribution in [-0.2, 0) is 14.2 Å². The van der Waals surface area contributed by atoms with E-state index in [1.54, 1.807) is 151 Å². The minimum atomic E-state index is -0.813. The highest BCUT2D eigenvalue weighted by Crippen LogP contribution is 2.42. The molecule has 0 N–H and O–H groups in total. The standard InChI is InChI=1S/C60H60O12/c1-31(2)49-52(58(64)70-46-22-19-37-25-43(16-13-40(37)28-46)55(61)67-34(7)8)50(32(3)4)54(60(66)72-48-24-21-39-27-45(18-15-42(39)30-48)57(63)69-36(11)12)51(33(5)6)53(49)59(65)71-47-23-20-38-26-44(17-14-41(38)29-47)56(62)68-35(9)10/h13-36H,1-12H3. The second-order valence-electron chi connectivity index (χ2n) is 19.5. The molecule has 0 amide bonds. The van der Waals surface area contributed by atoms with Gasteiger partial charge in [0.05, 0.1) is 51.7 Å². The zero-order valence-electron chi connectivity index (χ0n) is 42.8. The molecule has 72 heavy (non-hydrogen) atoms. The van der Waals surface area contributed by atoms with E-state index in [9.17, 15) is 14.4 Å². The maximum atomic E-state index is 15.1. The Morgan fingerprint density at radius 1 is 0.292 bits per heavy atom. The van der Waals surface area contributed by atoms with E-state index in [0.29, 0.717) is 65.7 Å². The molecule has 0 bridgehead atoms. The molecule has 0 aliphatic heterocycles. The average molecular weight is 973 g/mol. The van der Waals surface area contributed by atoms with Crippen LogP contribution < -0.4 is 14.2 Å². The Morgan fingerprint density at radius 2 is 0.514 bits per heavy atom. The third-order valence-corrected chi connectivity index (χ3v) is 11.8. The van der Waals surface area contributed by atoms with Crippen molar-refractivity contribution >= 4 is 68.1 Å². The Hall–Kier alpha value is -7.86. The van der Waals surface area contributed by atoms with Crippen LogP contribution >= 0.6 is 0 Å². The number of ether oxygens (including phenoxy) is 6. The molecule has 0 aromatic heterocycles. The first-order valence-electron chi connectivity index (χ1n) is 24.2. The molecule has 0 saturated carbocycles. The van der Waals surface area contributed by atoms with Gasteiger partial charge in [0.25, 0.3) is 0 Å². The van der Waals surface area contributed by atoms with E-state index in [2.05, 4.69) is 0 Å². The monoisotopic (exact) mass is 972 g/mol. The van der Waals surface area contributed by atoms with Crippen molar-refractivity contribution in [2.45, 2.75) is 119 Å². The maximum absolute atomic E-state index is 15.1. The first-order valence-corrected chi connectivity index (χ1v) is 24.2. The first kappa shape index (κ1) is 52.0. The molecule has 0 aliphatic carbocycles. The summed E-state index contributed by atoms with van der Waals surface area (Å²) < 4.78 is 34.8. The molecular weight excluding hydrogens is 913 g/mol. The van der Waals surface area contributed by atoms with Crippen LogP contribution in [0.3, 0.4) is 0 Å². The van der Waals surface area contributed by atoms with Gasteiger partial charge in [0.2, 0.25) is 0 Å². The fourth-order valence-corrected chi connectivity index (χ4v) is 8.77. The van der Waals surface area contributed by atoms with Gasteiger partial charge in [-0.25, -0.2) is 28.8 Å². The summed E-state index contributed by atoms with van der Waals surface area (Å²) in [5.74, 6) is -4.72. The van der Waals surface area contributed by atoms with E-state index in [4.69, 9.17) is 28.4 Å². The van der Waals surface area contributed by atoms with Crippen molar-refractivity contribution in [2.24, 2.45) is 0 Å². The zero-order chi connectivity index (χ0) is 52.3. The van der Waals surface area contributed by atoms with Crippen molar-refractivity contribution < 1.29 is 57.2 Å². The summed E-state index contributed by atoms with van der Waals surface area (Å²) in [5.41, 5.74) is 2.17. The Balaban J connectivity index is 1.36. The molecule has 0 spiro atoms. The van der Waals surface area contributed by atoms with Crippen molar-refractivity contribution in [1.82, 2.24) is 0 Å². The highest BCUT2D eigenvalue weighted by molar-refractivity contribution is 6.09. The quantitative estimate of drug-likeness (QED) is 0.0545. The molecule has 12 heteroatoms. The summed E-state index contributed by atoms with van der Waals surface area (Å²) in [6.07, 6.45) is -0.890. The number of carbonyl (C=O) groups excluding carboxylic acids is 6. The van der Waals surface area contributed by atoms with Gasteiger partial charge in [-0.2, -0.15) is 0 Å². The van der Waals surface area contributed by atoms with E-state index in [-0.39, 0.29) is 52.3 Å². The van der Waals surface area contributed by atoms with Crippen LogP contribution in [0.2, 0.25) is 0 Å². The van der Waals surface area contributed by atoms with Crippen molar-refractivity contribution in [3.63, 3.8) is 0 Å². The average Bonchev–Trinajstić information content (AvgIpc) is 3.31. The second kappa shape index (κ2) is 21.6. The molecule has 0 saturated heterocycles. The molecule has 0 aliphatic rings. The summed E-state index contributed by atoms with van der Waals surface area (Å²) >= 11 is 0. The number of hydrogen-bond acceptors (Lipinski definition) is 12. The number of benzene rings is 7. The van der Waals surface area contributed by atoms with Crippen LogP contribution in [-0.4, -0.2) is 54.1 Å². The molecular formula is C60H60O12. The number of rotatable bonds is 15. The van der Waals surface area contributed by atoms with Crippen LogP contribution in [0.25, 0.3) is 32.3 Å². The number of hydrogen-bond donors (Lipinski definition) is 0. The largest absolute Gasteiger partial charge is 0.459 e. The van der Waals surface area contributed by atoms with Gasteiger partial charge in [0.15, 0.2) is 0 Å². The fraction of sp³-hybridized carbons (Fsp3) is 0.300. The molecule has 372 valence electrons. The summed E-state index contributed by atoms with van der Waals surface area (Å²) in [4.78, 5) is 83.4. The molecule has 7 aromatic carbocycles. The van der Waals surface area contributed by atoms with Gasteiger partial charge in [-0.1, -0.05) is 77.9 Å². The van der Waals surface area contributed by atoms with E-state index in [1.807, 2.05) is 41.5 Å². The summed E-state index contributed by atoms with van der Waals surface area (Å²) in [6.45, 7) is 21.8. The third-order valence-electron chi connectivity index (χ3n) is 11.8. The molecule has 7 aromatic rings. The molecule has 0 unspecified atom stereocenters. The Kier molecular flexibility index (Phi) is 15.6. The molecule has 0 heterocycles. The zero-order valence-corrected chi connectivity index (χ0v) is 42.8. The van der Waals surface area contributed by atoms with E-state index < -0.39 is 53.6 Å². The number of carbonyl (C=O) groups is 6. The molecule has 0 radical (unpaired) electrons. The van der Waals surface area contributed by atoms with Gasteiger partial charge in [-0.3, -0.25) is 0 Å². The Labute approximate surface area is 419 Å². The van der Waals surface area contributed by atoms with Crippen molar-refractivity contribution in [3.05, 3.63) is 159 Å². The minimum Gasteiger partial charge on any atom is -0.459 e. The lowest BCUT2D eigenvalue weighted by Gasteiger charge is -2.29. The fourth-order valence-electron chi connectivity index (χ4n) is 8.77. The molecule has 0 fully saturated rings. The van der Waals surface area contributed by atoms with Gasteiger partial charge in [-0.15, -0.1) is 0 Å². The van der Waals surface area contributed by atoms with Gasteiger partial charge in [0.1, 0.15) is 17.2 Å². The topological polar surface area (TPSA) is 158 Å². The second-order valence-corrected chi connectivity index (χ2v) is 19.5. The van der Waals surface area contributed by atoms with Crippen molar-refractivity contribution in [3.8, 4) is 17.2 Å². The van der Waals surface area contributed by atoms with Crippen LogP contribution in [0.4, 0.5) is 0 Å². The third kappa shape index (κ3) is 11.5. The van der Waals surface area contributed by atoms with Crippen LogP contribution in [0, 0.1) is 0 Å². The highest BCUT2D eigenvalue weighted by atomic mass is 16.6. The lowest BCUT2D eigenvalue weighted by atomic mass is 9.76. The van der Waals surface area contributed by atoms with Crippen LogP contribution in [0.1, 0.15) is 180 Å². The van der Waals surface area contributed by atoms with Crippen LogP contribution in [0.5, 0.6) is 17.2 Å². The number of esters is 6. The van der Waals surface area contributed by atoms with Gasteiger partial charge >= 0.3 is 35.8 Å². The number of fused-ring (bicyclic) bond motifs is 3. The summed E-state index contributed by atoms with van der Waals surface area (Å²) in [7, 11) is 0. The summed E-state index contributed by atoms with van der Waals surface area (Å²) in [6, 6.07) is 30.3. The smallest absolute Gasteiger partial charge is 0.344 e. The molecule has 12 nitrogen and oxygen atoms in total. The lowest BCUT2D eigenvalue weighted by molar-refractivity contribution is 0.0367. The van der Waals surface area contributed by atoms with E-state index >= 15 is 14.4 Å². The predicted octanol–water partition coefficient (Wildman–Crippen LogP) is 13.9. The Bertz CT molecular complexity index is 2920. The SMILES string of the molecule is CC(C)OC(=O)c1ccc2cc(OC(=O)c3c(C(C)C)c(C(=O)Oc4ccc5cc(C(=O)OC(C)C)ccc5c4)c(C(C)C)c(C(=O)Oc4ccc5cc(C(=O)OC(C)C)ccc5c4)c3C(C)C)ccc2c1. The van der Waals surface area contributed by atoms with Gasteiger partial charge in [0, 0.05) is 0 Å². The Morgan fingerprint density at radius 3 is 0.736 bits per heavy atom.